The smallest absolute Gasteiger partial charge is 0.272 e. The minimum atomic E-state index is -2.44. The number of benzene rings is 1. The highest BCUT2D eigenvalue weighted by Crippen LogP contribution is 2.21. The lowest BCUT2D eigenvalue weighted by Gasteiger charge is -2.18. The van der Waals surface area contributed by atoms with Crippen LogP contribution in [0.4, 0.5) is 8.78 Å². The summed E-state index contributed by atoms with van der Waals surface area (Å²) >= 11 is 0. The monoisotopic (exact) mass is 258 g/mol. The van der Waals surface area contributed by atoms with Crippen LogP contribution in [0.3, 0.4) is 0 Å². The van der Waals surface area contributed by atoms with Crippen molar-refractivity contribution in [2.75, 3.05) is 6.61 Å². The van der Waals surface area contributed by atoms with Gasteiger partial charge in [0.2, 0.25) is 0 Å². The molecule has 0 fully saturated rings. The third-order valence-corrected chi connectivity index (χ3v) is 2.70. The number of rotatable bonds is 5. The predicted octanol–water partition coefficient (Wildman–Crippen LogP) is 2.50. The van der Waals surface area contributed by atoms with E-state index in [2.05, 4.69) is 26.1 Å². The Balaban J connectivity index is 2.72. The molecule has 0 atom stereocenters. The number of nitrogens with two attached hydrogens (primary N) is 1. The fourth-order valence-corrected chi connectivity index (χ4v) is 1.61. The first kappa shape index (κ1) is 14.9. The lowest BCUT2D eigenvalue weighted by Crippen LogP contribution is -2.93. The minimum absolute atomic E-state index is 0.145. The molecule has 0 radical (unpaired) electrons. The molecule has 1 aromatic rings. The molecule has 0 aromatic heterocycles. The normalized spacial score (nSPS) is 11.9. The first-order valence-corrected chi connectivity index (χ1v) is 6.13. The van der Waals surface area contributed by atoms with Crippen molar-refractivity contribution in [2.45, 2.75) is 46.2 Å². The second kappa shape index (κ2) is 6.14. The summed E-state index contributed by atoms with van der Waals surface area (Å²) in [6, 6.07) is 5.59. The maximum Gasteiger partial charge on any atom is 0.272 e. The average molecular weight is 258 g/mol. The van der Waals surface area contributed by atoms with Crippen LogP contribution in [0.5, 0.6) is 5.75 Å². The van der Waals surface area contributed by atoms with E-state index < -0.39 is 13.0 Å². The van der Waals surface area contributed by atoms with Crippen molar-refractivity contribution in [3.05, 3.63) is 29.3 Å². The van der Waals surface area contributed by atoms with E-state index in [0.29, 0.717) is 5.75 Å². The van der Waals surface area contributed by atoms with Crippen molar-refractivity contribution in [1.82, 2.24) is 0 Å². The molecule has 18 heavy (non-hydrogen) atoms. The Kier molecular flexibility index (Phi) is 5.08. The van der Waals surface area contributed by atoms with Crippen LogP contribution in [0.15, 0.2) is 18.2 Å². The second-order valence-corrected chi connectivity index (χ2v) is 5.52. The quantitative estimate of drug-likeness (QED) is 0.862. The molecule has 0 saturated carbocycles. The van der Waals surface area contributed by atoms with E-state index >= 15 is 0 Å². The van der Waals surface area contributed by atoms with Gasteiger partial charge in [-0.25, -0.2) is 8.78 Å². The molecule has 1 rings (SSSR count). The molecular weight excluding hydrogens is 236 g/mol. The van der Waals surface area contributed by atoms with Crippen LogP contribution in [0.1, 0.15) is 31.9 Å². The number of alkyl halides is 2. The maximum absolute atomic E-state index is 12.1. The molecule has 2 N–H and O–H groups in total. The van der Waals surface area contributed by atoms with Crippen LogP contribution in [-0.2, 0) is 6.54 Å². The molecule has 0 unspecified atom stereocenters. The van der Waals surface area contributed by atoms with Crippen LogP contribution in [0.2, 0.25) is 0 Å². The van der Waals surface area contributed by atoms with Crippen molar-refractivity contribution in [3.8, 4) is 5.75 Å². The van der Waals surface area contributed by atoms with Crippen molar-refractivity contribution in [3.63, 3.8) is 0 Å². The van der Waals surface area contributed by atoms with Gasteiger partial charge in [0.1, 0.15) is 18.9 Å². The summed E-state index contributed by atoms with van der Waals surface area (Å²) in [5, 5.41) is 2.21. The molecule has 0 saturated heterocycles. The Bertz CT molecular complexity index is 386. The van der Waals surface area contributed by atoms with E-state index in [4.69, 9.17) is 4.74 Å². The van der Waals surface area contributed by atoms with Crippen molar-refractivity contribution in [1.29, 1.82) is 0 Å². The summed E-state index contributed by atoms with van der Waals surface area (Å²) in [6.07, 6.45) is -2.44. The molecule has 2 nitrogen and oxygen atoms in total. The highest BCUT2D eigenvalue weighted by Gasteiger charge is 2.15. The number of hydrogen-bond acceptors (Lipinski definition) is 1. The summed E-state index contributed by atoms with van der Waals surface area (Å²) in [5.74, 6) is 0.551. The summed E-state index contributed by atoms with van der Waals surface area (Å²) in [7, 11) is 0. The van der Waals surface area contributed by atoms with Gasteiger partial charge in [-0.15, -0.1) is 0 Å². The van der Waals surface area contributed by atoms with Gasteiger partial charge in [0.15, 0.2) is 0 Å². The van der Waals surface area contributed by atoms with Gasteiger partial charge >= 0.3 is 0 Å². The first-order valence-electron chi connectivity index (χ1n) is 6.13. The van der Waals surface area contributed by atoms with E-state index in [-0.39, 0.29) is 5.54 Å². The van der Waals surface area contributed by atoms with Crippen molar-refractivity contribution >= 4 is 0 Å². The molecule has 0 aliphatic heterocycles. The highest BCUT2D eigenvalue weighted by molar-refractivity contribution is 5.38. The Morgan fingerprint density at radius 3 is 2.50 bits per heavy atom. The molecule has 102 valence electrons. The Morgan fingerprint density at radius 2 is 1.94 bits per heavy atom. The van der Waals surface area contributed by atoms with Gasteiger partial charge in [-0.3, -0.25) is 0 Å². The summed E-state index contributed by atoms with van der Waals surface area (Å²) in [6.45, 7) is 8.60. The van der Waals surface area contributed by atoms with E-state index in [0.717, 1.165) is 17.7 Å². The third kappa shape index (κ3) is 5.00. The van der Waals surface area contributed by atoms with Gasteiger partial charge in [0, 0.05) is 5.56 Å². The SMILES string of the molecule is Cc1c(C[NH2+]C(C)(C)C)cccc1OCC(F)F. The van der Waals surface area contributed by atoms with Gasteiger partial charge < -0.3 is 10.1 Å². The third-order valence-electron chi connectivity index (χ3n) is 2.70. The molecule has 0 bridgehead atoms. The van der Waals surface area contributed by atoms with E-state index in [1.807, 2.05) is 19.1 Å². The fourth-order valence-electron chi connectivity index (χ4n) is 1.61. The van der Waals surface area contributed by atoms with Gasteiger partial charge in [-0.2, -0.15) is 0 Å². The molecule has 0 aliphatic carbocycles. The maximum atomic E-state index is 12.1. The number of ether oxygens (including phenoxy) is 1. The van der Waals surface area contributed by atoms with E-state index in [1.54, 1.807) is 6.07 Å². The molecule has 0 aliphatic rings. The molecule has 4 heteroatoms. The van der Waals surface area contributed by atoms with Crippen molar-refractivity contribution < 1.29 is 18.8 Å². The zero-order valence-electron chi connectivity index (χ0n) is 11.5. The largest absolute Gasteiger partial charge is 0.487 e. The minimum Gasteiger partial charge on any atom is -0.487 e. The number of hydrogen-bond donors (Lipinski definition) is 1. The van der Waals surface area contributed by atoms with Crippen LogP contribution >= 0.6 is 0 Å². The van der Waals surface area contributed by atoms with Crippen molar-refractivity contribution in [2.24, 2.45) is 0 Å². The van der Waals surface area contributed by atoms with Gasteiger partial charge in [-0.05, 0) is 39.3 Å². The number of quaternary nitrogens is 1. The zero-order valence-corrected chi connectivity index (χ0v) is 11.5. The zero-order chi connectivity index (χ0) is 13.8. The van der Waals surface area contributed by atoms with Crippen LogP contribution in [0.25, 0.3) is 0 Å². The van der Waals surface area contributed by atoms with Crippen LogP contribution in [0, 0.1) is 6.92 Å². The predicted molar refractivity (Wildman–Crippen MR) is 68.1 cm³/mol. The van der Waals surface area contributed by atoms with Gasteiger partial charge in [0.05, 0.1) is 5.54 Å². The topological polar surface area (TPSA) is 25.8 Å². The fraction of sp³-hybridized carbons (Fsp3) is 0.571. The van der Waals surface area contributed by atoms with Crippen LogP contribution < -0.4 is 10.1 Å². The summed E-state index contributed by atoms with van der Waals surface area (Å²) in [4.78, 5) is 0. The summed E-state index contributed by atoms with van der Waals surface area (Å²) < 4.78 is 29.4. The molecule has 1 aromatic carbocycles. The van der Waals surface area contributed by atoms with E-state index in [9.17, 15) is 8.78 Å². The van der Waals surface area contributed by atoms with Gasteiger partial charge in [-0.1, -0.05) is 12.1 Å². The lowest BCUT2D eigenvalue weighted by molar-refractivity contribution is -0.731. The molecule has 0 amide bonds. The second-order valence-electron chi connectivity index (χ2n) is 5.52. The van der Waals surface area contributed by atoms with Gasteiger partial charge in [0.25, 0.3) is 6.43 Å². The standard InChI is InChI=1S/C14H21F2NO/c1-10-11(8-17-14(2,3)4)6-5-7-12(10)18-9-13(15)16/h5-7,13,17H,8-9H2,1-4H3/p+1. The molecular formula is C14H22F2NO+. The first-order chi connectivity index (χ1) is 8.29. The Hall–Kier alpha value is -1.16. The Morgan fingerprint density at radius 1 is 1.28 bits per heavy atom. The highest BCUT2D eigenvalue weighted by atomic mass is 19.3. The summed E-state index contributed by atoms with van der Waals surface area (Å²) in [5.41, 5.74) is 2.21. The molecule has 0 heterocycles. The number of halogens is 2. The lowest BCUT2D eigenvalue weighted by atomic mass is 10.0. The van der Waals surface area contributed by atoms with E-state index in [1.165, 1.54) is 0 Å². The molecule has 0 spiro atoms. The Labute approximate surface area is 107 Å². The average Bonchev–Trinajstić information content (AvgIpc) is 2.24. The van der Waals surface area contributed by atoms with Crippen LogP contribution in [-0.4, -0.2) is 18.6 Å².